The van der Waals surface area contributed by atoms with Crippen molar-refractivity contribution in [2.24, 2.45) is 13.0 Å². The quantitative estimate of drug-likeness (QED) is 0.0220. The Morgan fingerprint density at radius 1 is 0.829 bits per heavy atom. The fourth-order valence-corrected chi connectivity index (χ4v) is 14.3. The minimum Gasteiger partial charge on any atom is -0.756 e. The second kappa shape index (κ2) is 22.6. The number of hydrogen-bond donors (Lipinski definition) is 10. The van der Waals surface area contributed by atoms with Gasteiger partial charge in [0.05, 0.1) is 51.6 Å². The molecule has 3 aliphatic heterocycles. The van der Waals surface area contributed by atoms with Gasteiger partial charge in [-0.2, -0.15) is 0 Å². The minimum atomic E-state index is -5.72. The highest BCUT2D eigenvalue weighted by Crippen LogP contribution is 2.62. The number of hydrogen-bond acceptors (Lipinski definition) is 27. The zero-order valence-corrected chi connectivity index (χ0v) is 43.4. The van der Waals surface area contributed by atoms with Crippen molar-refractivity contribution in [3.05, 3.63) is 62.4 Å². The van der Waals surface area contributed by atoms with Crippen molar-refractivity contribution < 1.29 is 104 Å². The van der Waals surface area contributed by atoms with Gasteiger partial charge in [-0.05, 0) is 6.42 Å². The third kappa shape index (κ3) is 12.5. The third-order valence-electron chi connectivity index (χ3n) is 12.3. The number of ether oxygens (including phenoxy) is 5. The smallest absolute Gasteiger partial charge is 0.479 e. The second-order valence-corrected chi connectivity index (χ2v) is 24.3. The van der Waals surface area contributed by atoms with Crippen LogP contribution < -0.4 is 37.7 Å². The summed E-state index contributed by atoms with van der Waals surface area (Å²) >= 11 is 0. The lowest BCUT2D eigenvalue weighted by atomic mass is 9.95. The molecule has 0 spiro atoms. The molecule has 0 amide bonds. The van der Waals surface area contributed by atoms with Gasteiger partial charge in [0.1, 0.15) is 54.6 Å². The number of nitrogens with two attached hydrogens (primary N) is 2. The SMILES string of the molecule is COCC[C@H]1[C@@H](O)[C@H]([n+]2cn(C)c3c(=O)[nH]c(N)nc32)O[C@@H]1COP(=O)(O)CCP(=O)(O)OP(=O)(O)OC[C@H]1O[C@@H](n2cnc3c(N)ncnc32)[C@H](OC)[C@@H]1OP(=O)([O-])OC[C@H]1O[C@@H](n2ccc(=O)[nH]c2=O)[C@H](O)[C@@H]1O. The number of phosphoric acid groups is 2. The van der Waals surface area contributed by atoms with Crippen molar-refractivity contribution in [2.45, 2.75) is 73.9 Å². The Morgan fingerprint density at radius 2 is 1.53 bits per heavy atom. The molecule has 5 aromatic rings. The Labute approximate surface area is 425 Å². The molecular weight excluding hydrogens is 1110 g/mol. The lowest BCUT2D eigenvalue weighted by Gasteiger charge is -2.31. The molecule has 16 atom stereocenters. The molecule has 0 bridgehead atoms. The number of aliphatic hydroxyl groups is 3. The maximum absolute atomic E-state index is 13.5. The summed E-state index contributed by atoms with van der Waals surface area (Å²) in [6.07, 6.45) is -15.0. The fourth-order valence-electron chi connectivity index (χ4n) is 8.72. The van der Waals surface area contributed by atoms with Crippen molar-refractivity contribution in [3.8, 4) is 0 Å². The van der Waals surface area contributed by atoms with Crippen LogP contribution in [0, 0.1) is 5.92 Å². The molecule has 36 nitrogen and oxygen atoms in total. The Kier molecular flexibility index (Phi) is 17.2. The van der Waals surface area contributed by atoms with E-state index in [4.69, 9.17) is 53.2 Å². The molecular formula is C36H52N12O24P4. The van der Waals surface area contributed by atoms with Crippen LogP contribution in [0.3, 0.4) is 0 Å². The summed E-state index contributed by atoms with van der Waals surface area (Å²) in [5.41, 5.74) is 9.53. The van der Waals surface area contributed by atoms with Crippen LogP contribution in [0.4, 0.5) is 11.8 Å². The number of anilines is 2. The van der Waals surface area contributed by atoms with Crippen LogP contribution in [0.2, 0.25) is 0 Å². The van der Waals surface area contributed by atoms with Crippen LogP contribution in [0.5, 0.6) is 0 Å². The first-order chi connectivity index (χ1) is 35.7. The number of rotatable bonds is 23. The summed E-state index contributed by atoms with van der Waals surface area (Å²) in [5.74, 6) is -1.11. The van der Waals surface area contributed by atoms with Gasteiger partial charge in [-0.3, -0.25) is 51.5 Å². The van der Waals surface area contributed by atoms with Gasteiger partial charge in [0.25, 0.3) is 24.9 Å². The average Bonchev–Trinajstić information content (AvgIpc) is 4.17. The molecule has 0 saturated carbocycles. The van der Waals surface area contributed by atoms with Crippen LogP contribution in [-0.2, 0) is 71.4 Å². The van der Waals surface area contributed by atoms with Gasteiger partial charge in [-0.1, -0.05) is 4.98 Å². The highest BCUT2D eigenvalue weighted by molar-refractivity contribution is 7.64. The number of nitrogen functional groups attached to an aromatic ring is 2. The number of fused-ring (bicyclic) bond motifs is 2. The van der Waals surface area contributed by atoms with Gasteiger partial charge in [-0.15, -0.1) is 0 Å². The number of aryl methyl sites for hydroxylation is 1. The Hall–Kier alpha value is -4.58. The monoisotopic (exact) mass is 1160 g/mol. The molecule has 0 aliphatic carbocycles. The highest BCUT2D eigenvalue weighted by atomic mass is 31.3. The number of aliphatic hydroxyl groups excluding tert-OH is 3. The molecule has 5 aromatic heterocycles. The van der Waals surface area contributed by atoms with Gasteiger partial charge in [0.2, 0.25) is 11.7 Å². The van der Waals surface area contributed by atoms with Crippen molar-refractivity contribution in [1.29, 1.82) is 0 Å². The maximum Gasteiger partial charge on any atom is 0.479 e. The van der Waals surface area contributed by atoms with E-state index in [0.717, 1.165) is 36.6 Å². The van der Waals surface area contributed by atoms with E-state index in [2.05, 4.69) is 29.2 Å². The molecule has 0 radical (unpaired) electrons. The van der Waals surface area contributed by atoms with Crippen LogP contribution in [0.15, 0.2) is 45.6 Å². The number of nitrogens with zero attached hydrogens (tertiary/aromatic N) is 8. The van der Waals surface area contributed by atoms with E-state index >= 15 is 0 Å². The lowest BCUT2D eigenvalue weighted by molar-refractivity contribution is -0.745. The van der Waals surface area contributed by atoms with Gasteiger partial charge in [0.15, 0.2) is 30.2 Å². The average molecular weight is 1160 g/mol. The Balaban J connectivity index is 0.918. The number of imidazole rings is 2. The summed E-state index contributed by atoms with van der Waals surface area (Å²) in [7, 11) is -17.6. The van der Waals surface area contributed by atoms with Crippen LogP contribution in [0.25, 0.3) is 22.3 Å². The molecule has 4 unspecified atom stereocenters. The van der Waals surface area contributed by atoms with Crippen molar-refractivity contribution in [3.63, 3.8) is 0 Å². The molecule has 3 fully saturated rings. The number of phosphoric ester groups is 2. The molecule has 40 heteroatoms. The van der Waals surface area contributed by atoms with Crippen molar-refractivity contribution in [1.82, 2.24) is 43.6 Å². The van der Waals surface area contributed by atoms with E-state index in [1.807, 2.05) is 4.98 Å². The third-order valence-corrected chi connectivity index (χ3v) is 18.1. The van der Waals surface area contributed by atoms with E-state index in [1.54, 1.807) is 0 Å². The minimum absolute atomic E-state index is 0.0248. The molecule has 420 valence electrons. The van der Waals surface area contributed by atoms with Crippen LogP contribution >= 0.6 is 30.8 Å². The Bertz CT molecular complexity index is 3300. The first-order valence-corrected chi connectivity index (χ1v) is 28.8. The number of nitrogens with one attached hydrogen (secondary N) is 2. The molecule has 76 heavy (non-hydrogen) atoms. The maximum atomic E-state index is 13.5. The topological polar surface area (TPSA) is 510 Å². The normalized spacial score (nSPS) is 30.1. The van der Waals surface area contributed by atoms with Gasteiger partial charge >= 0.3 is 34.4 Å². The summed E-state index contributed by atoms with van der Waals surface area (Å²) < 4.78 is 111. The predicted octanol–water partition coefficient (Wildman–Crippen LogP) is -4.06. The summed E-state index contributed by atoms with van der Waals surface area (Å²) in [5, 5.41) is 32.6. The Morgan fingerprint density at radius 3 is 2.24 bits per heavy atom. The van der Waals surface area contributed by atoms with Crippen LogP contribution in [-0.4, -0.2) is 175 Å². The largest absolute Gasteiger partial charge is 0.756 e. The van der Waals surface area contributed by atoms with E-state index in [1.165, 1.54) is 34.2 Å². The van der Waals surface area contributed by atoms with E-state index in [0.29, 0.717) is 0 Å². The van der Waals surface area contributed by atoms with Crippen LogP contribution in [0.1, 0.15) is 25.1 Å². The summed E-state index contributed by atoms with van der Waals surface area (Å²) in [6.45, 7) is -2.80. The first kappa shape index (κ1) is 57.6. The zero-order valence-electron chi connectivity index (χ0n) is 39.8. The number of methoxy groups -OCH3 is 2. The van der Waals surface area contributed by atoms with Gasteiger partial charge in [0, 0.05) is 39.0 Å². The first-order valence-electron chi connectivity index (χ1n) is 22.4. The van der Waals surface area contributed by atoms with E-state index in [-0.39, 0.29) is 47.1 Å². The lowest BCUT2D eigenvalue weighted by Crippen LogP contribution is -2.45. The second-order valence-electron chi connectivity index (χ2n) is 17.3. The molecule has 8 rings (SSSR count). The molecule has 3 aliphatic rings. The summed E-state index contributed by atoms with van der Waals surface area (Å²) in [4.78, 5) is 103. The highest BCUT2D eigenvalue weighted by Gasteiger charge is 2.52. The number of H-pyrrole nitrogens is 2. The van der Waals surface area contributed by atoms with E-state index in [9.17, 15) is 67.5 Å². The molecule has 0 aromatic carbocycles. The van der Waals surface area contributed by atoms with Gasteiger partial charge in [-0.25, -0.2) is 33.2 Å². The standard InChI is InChI=1S/C36H52N12O24P4/c1-45-15-48(30-22(45)31(53)44-35(38)43-30)32-23(50)16(5-7-63-2)17(68-32)10-65-73(55,56)8-9-74(57,58)72-76(61,62)67-12-19-26(27(64-3)34(70-19)47-14-41-21-28(37)39-13-40-29(21)47)71-75(59,60)66-11-18-24(51)25(52)33(69-18)46-6-4-20(49)42-36(46)54/h4,6,13-19,23-27,32-34,50-52H,5,7-12H2,1-3H3,(H9-,37,38,39,40,42,43,44,49,53,54,55,56,57,58,59,60,61,62)/t16-,17-,18-,19-,23-,24-,25-,26-,27-,32-,33-,34-/m1/s1. The number of aromatic nitrogens is 10. The molecule has 12 N–H and O–H groups in total. The van der Waals surface area contributed by atoms with Crippen molar-refractivity contribution >= 4 is 64.9 Å². The molecule has 3 saturated heterocycles. The zero-order chi connectivity index (χ0) is 55.2. The summed E-state index contributed by atoms with van der Waals surface area (Å²) in [6, 6.07) is 0.927. The van der Waals surface area contributed by atoms with E-state index < -0.39 is 153 Å². The molecule has 8 heterocycles. The fraction of sp³-hybridized carbons (Fsp3) is 0.611. The number of aromatic amines is 2. The van der Waals surface area contributed by atoms with Gasteiger partial charge < -0.3 is 83.6 Å². The van der Waals surface area contributed by atoms with Crippen molar-refractivity contribution in [2.75, 3.05) is 64.4 Å². The predicted molar refractivity (Wildman–Crippen MR) is 248 cm³/mol.